The molecule has 0 bridgehead atoms. The number of piperidine rings is 1. The molecule has 0 saturated carbocycles. The van der Waals surface area contributed by atoms with Crippen LogP contribution in [0.15, 0.2) is 18.2 Å². The summed E-state index contributed by atoms with van der Waals surface area (Å²) in [6, 6.07) is 6.61. The molecule has 2 atom stereocenters. The van der Waals surface area contributed by atoms with Crippen LogP contribution in [0.5, 0.6) is 0 Å². The molecule has 0 spiro atoms. The number of carbonyl (C=O) groups is 1. The third-order valence-electron chi connectivity index (χ3n) is 4.31. The molecule has 0 amide bonds. The van der Waals surface area contributed by atoms with Crippen molar-refractivity contribution in [2.45, 2.75) is 46.2 Å². The lowest BCUT2D eigenvalue weighted by Crippen LogP contribution is -2.45. The smallest absolute Gasteiger partial charge is 0.308 e. The lowest BCUT2D eigenvalue weighted by molar-refractivity contribution is -0.145. The molecule has 0 aromatic heterocycles. The molecule has 3 heteroatoms. The Bertz CT molecular complexity index is 470. The Morgan fingerprint density at radius 2 is 2.16 bits per heavy atom. The van der Waals surface area contributed by atoms with E-state index < -0.39 is 5.97 Å². The maximum absolute atomic E-state index is 11.2. The van der Waals surface area contributed by atoms with Crippen molar-refractivity contribution < 1.29 is 9.90 Å². The lowest BCUT2D eigenvalue weighted by atomic mass is 9.89. The molecule has 0 radical (unpaired) electrons. The van der Waals surface area contributed by atoms with E-state index in [4.69, 9.17) is 0 Å². The highest BCUT2D eigenvalue weighted by Gasteiger charge is 2.32. The Hall–Kier alpha value is -1.35. The van der Waals surface area contributed by atoms with Gasteiger partial charge in [0.05, 0.1) is 5.92 Å². The Morgan fingerprint density at radius 3 is 2.79 bits per heavy atom. The summed E-state index contributed by atoms with van der Waals surface area (Å²) in [6.07, 6.45) is 1.78. The maximum atomic E-state index is 11.2. The highest BCUT2D eigenvalue weighted by atomic mass is 16.4. The molecule has 0 aliphatic carbocycles. The second kappa shape index (κ2) is 5.74. The van der Waals surface area contributed by atoms with Gasteiger partial charge in [-0.15, -0.1) is 0 Å². The van der Waals surface area contributed by atoms with Crippen LogP contribution in [0.3, 0.4) is 0 Å². The Labute approximate surface area is 115 Å². The van der Waals surface area contributed by atoms with E-state index in [0.29, 0.717) is 0 Å². The van der Waals surface area contributed by atoms with Gasteiger partial charge in [0.15, 0.2) is 0 Å². The molecule has 1 aromatic carbocycles. The van der Waals surface area contributed by atoms with Gasteiger partial charge in [0.2, 0.25) is 0 Å². The number of carboxylic acid groups (broad SMARTS) is 1. The van der Waals surface area contributed by atoms with E-state index in [9.17, 15) is 9.90 Å². The quantitative estimate of drug-likeness (QED) is 0.909. The van der Waals surface area contributed by atoms with Gasteiger partial charge in [-0.25, -0.2) is 0 Å². The van der Waals surface area contributed by atoms with Crippen LogP contribution in [0.4, 0.5) is 0 Å². The molecule has 1 heterocycles. The maximum Gasteiger partial charge on any atom is 0.308 e. The number of rotatable bonds is 3. The van der Waals surface area contributed by atoms with Gasteiger partial charge in [0, 0.05) is 12.6 Å². The topological polar surface area (TPSA) is 40.5 Å². The molecule has 1 aliphatic heterocycles. The minimum atomic E-state index is -0.655. The van der Waals surface area contributed by atoms with E-state index in [1.807, 2.05) is 6.92 Å². The minimum absolute atomic E-state index is 0.118. The largest absolute Gasteiger partial charge is 0.481 e. The van der Waals surface area contributed by atoms with Gasteiger partial charge in [0.25, 0.3) is 0 Å². The number of hydrogen-bond donors (Lipinski definition) is 1. The molecule has 2 rings (SSSR count). The average Bonchev–Trinajstić information content (AvgIpc) is 2.34. The van der Waals surface area contributed by atoms with Gasteiger partial charge >= 0.3 is 5.97 Å². The third kappa shape index (κ3) is 3.16. The van der Waals surface area contributed by atoms with Crippen molar-refractivity contribution in [2.24, 2.45) is 5.92 Å². The summed E-state index contributed by atoms with van der Waals surface area (Å²) in [5.41, 5.74) is 3.88. The molecule has 1 saturated heterocycles. The summed E-state index contributed by atoms with van der Waals surface area (Å²) in [7, 11) is 0. The standard InChI is InChI=1S/C16H23NO2/c1-11-6-7-14(12(2)9-11)10-17-8-4-5-15(13(17)3)16(18)19/h6-7,9,13,15H,4-5,8,10H2,1-3H3,(H,18,19)/t13-,15-/m1/s1. The molecule has 0 unspecified atom stereocenters. The van der Waals surface area contributed by atoms with E-state index in [0.717, 1.165) is 25.9 Å². The second-order valence-electron chi connectivity index (χ2n) is 5.73. The van der Waals surface area contributed by atoms with Crippen LogP contribution in [0.25, 0.3) is 0 Å². The summed E-state index contributed by atoms with van der Waals surface area (Å²) in [5.74, 6) is -0.877. The number of nitrogens with zero attached hydrogens (tertiary/aromatic N) is 1. The Balaban J connectivity index is 2.11. The first-order valence-corrected chi connectivity index (χ1v) is 7.02. The van der Waals surface area contributed by atoms with Gasteiger partial charge in [0.1, 0.15) is 0 Å². The summed E-state index contributed by atoms with van der Waals surface area (Å²) >= 11 is 0. The first-order chi connectivity index (χ1) is 8.99. The summed E-state index contributed by atoms with van der Waals surface area (Å²) < 4.78 is 0. The van der Waals surface area contributed by atoms with Crippen LogP contribution >= 0.6 is 0 Å². The van der Waals surface area contributed by atoms with E-state index in [1.165, 1.54) is 16.7 Å². The van der Waals surface area contributed by atoms with Crippen molar-refractivity contribution in [1.82, 2.24) is 4.90 Å². The zero-order valence-electron chi connectivity index (χ0n) is 12.0. The summed E-state index contributed by atoms with van der Waals surface area (Å²) in [4.78, 5) is 13.6. The SMILES string of the molecule is Cc1ccc(CN2CCC[C@@H](C(=O)O)[C@H]2C)c(C)c1. The van der Waals surface area contributed by atoms with Crippen molar-refractivity contribution >= 4 is 5.97 Å². The van der Waals surface area contributed by atoms with Crippen molar-refractivity contribution in [3.8, 4) is 0 Å². The van der Waals surface area contributed by atoms with Gasteiger partial charge in [-0.05, 0) is 51.3 Å². The summed E-state index contributed by atoms with van der Waals surface area (Å²) in [6.45, 7) is 8.13. The molecular weight excluding hydrogens is 238 g/mol. The zero-order chi connectivity index (χ0) is 14.0. The van der Waals surface area contributed by atoms with E-state index in [-0.39, 0.29) is 12.0 Å². The first-order valence-electron chi connectivity index (χ1n) is 7.02. The van der Waals surface area contributed by atoms with Gasteiger partial charge < -0.3 is 5.11 Å². The Kier molecular flexibility index (Phi) is 4.25. The minimum Gasteiger partial charge on any atom is -0.481 e. The van der Waals surface area contributed by atoms with Crippen LogP contribution < -0.4 is 0 Å². The van der Waals surface area contributed by atoms with Gasteiger partial charge in [-0.3, -0.25) is 9.69 Å². The number of carboxylic acids is 1. The van der Waals surface area contributed by atoms with E-state index in [1.54, 1.807) is 0 Å². The molecule has 1 aliphatic rings. The van der Waals surface area contributed by atoms with Crippen LogP contribution in [0.1, 0.15) is 36.5 Å². The molecule has 1 aromatic rings. The van der Waals surface area contributed by atoms with Crippen molar-refractivity contribution in [3.63, 3.8) is 0 Å². The van der Waals surface area contributed by atoms with E-state index >= 15 is 0 Å². The molecule has 1 fully saturated rings. The summed E-state index contributed by atoms with van der Waals surface area (Å²) in [5, 5.41) is 9.26. The monoisotopic (exact) mass is 261 g/mol. The highest BCUT2D eigenvalue weighted by Crippen LogP contribution is 2.26. The molecule has 104 valence electrons. The number of benzene rings is 1. The zero-order valence-corrected chi connectivity index (χ0v) is 12.0. The third-order valence-corrected chi connectivity index (χ3v) is 4.31. The fraction of sp³-hybridized carbons (Fsp3) is 0.562. The number of aliphatic carboxylic acids is 1. The van der Waals surface area contributed by atoms with Gasteiger partial charge in [-0.1, -0.05) is 23.8 Å². The van der Waals surface area contributed by atoms with Crippen LogP contribution in [0.2, 0.25) is 0 Å². The van der Waals surface area contributed by atoms with Crippen molar-refractivity contribution in [3.05, 3.63) is 34.9 Å². The average molecular weight is 261 g/mol. The fourth-order valence-electron chi connectivity index (χ4n) is 3.01. The Morgan fingerprint density at radius 1 is 1.42 bits per heavy atom. The molecule has 3 nitrogen and oxygen atoms in total. The normalized spacial score (nSPS) is 24.4. The van der Waals surface area contributed by atoms with Crippen molar-refractivity contribution in [2.75, 3.05) is 6.54 Å². The lowest BCUT2D eigenvalue weighted by Gasteiger charge is -2.37. The van der Waals surface area contributed by atoms with Crippen LogP contribution in [0, 0.1) is 19.8 Å². The van der Waals surface area contributed by atoms with Crippen LogP contribution in [-0.2, 0) is 11.3 Å². The fourth-order valence-corrected chi connectivity index (χ4v) is 3.01. The molecule has 19 heavy (non-hydrogen) atoms. The second-order valence-corrected chi connectivity index (χ2v) is 5.73. The first kappa shape index (κ1) is 14.1. The number of likely N-dealkylation sites (tertiary alicyclic amines) is 1. The molecular formula is C16H23NO2. The number of aryl methyl sites for hydroxylation is 2. The van der Waals surface area contributed by atoms with Gasteiger partial charge in [-0.2, -0.15) is 0 Å². The molecule has 1 N–H and O–H groups in total. The van der Waals surface area contributed by atoms with Crippen molar-refractivity contribution in [1.29, 1.82) is 0 Å². The van der Waals surface area contributed by atoms with Crippen LogP contribution in [-0.4, -0.2) is 28.6 Å². The highest BCUT2D eigenvalue weighted by molar-refractivity contribution is 5.71. The van der Waals surface area contributed by atoms with E-state index in [2.05, 4.69) is 36.9 Å². The predicted octanol–water partition coefficient (Wildman–Crippen LogP) is 2.99. The number of hydrogen-bond acceptors (Lipinski definition) is 2. The predicted molar refractivity (Wildman–Crippen MR) is 76.1 cm³/mol.